The van der Waals surface area contributed by atoms with Gasteiger partial charge in [-0.3, -0.25) is 0 Å². The molecule has 13 heavy (non-hydrogen) atoms. The van der Waals surface area contributed by atoms with Crippen LogP contribution in [0.4, 0.5) is 0 Å². The molecule has 0 atom stereocenters. The summed E-state index contributed by atoms with van der Waals surface area (Å²) in [4.78, 5) is 0. The molecule has 1 aliphatic heterocycles. The second-order valence-electron chi connectivity index (χ2n) is 4.54. The van der Waals surface area contributed by atoms with Gasteiger partial charge < -0.3 is 5.32 Å². The molecule has 0 aromatic carbocycles. The normalized spacial score (nSPS) is 21.9. The van der Waals surface area contributed by atoms with Crippen LogP contribution in [0.2, 0.25) is 0 Å². The van der Waals surface area contributed by atoms with Crippen molar-refractivity contribution in [1.29, 1.82) is 0 Å². The monoisotopic (exact) mass is 181 g/mol. The molecule has 1 heterocycles. The standard InChI is InChI=1S/C12H23N/c1-9(2)10(3)11(4)12-5-7-13-8-6-12/h9,12-13H,5-8H2,1-4H3/b11-10+. The highest BCUT2D eigenvalue weighted by Gasteiger charge is 2.16. The van der Waals surface area contributed by atoms with E-state index in [9.17, 15) is 0 Å². The zero-order valence-electron chi connectivity index (χ0n) is 9.48. The van der Waals surface area contributed by atoms with Gasteiger partial charge in [-0.2, -0.15) is 0 Å². The maximum Gasteiger partial charge on any atom is -0.00432 e. The van der Waals surface area contributed by atoms with Crippen LogP contribution < -0.4 is 5.32 Å². The molecule has 1 nitrogen and oxygen atoms in total. The smallest absolute Gasteiger partial charge is 0.00432 e. The van der Waals surface area contributed by atoms with Gasteiger partial charge in [0.15, 0.2) is 0 Å². The molecule has 0 aromatic heterocycles. The third kappa shape index (κ3) is 2.84. The van der Waals surface area contributed by atoms with Gasteiger partial charge in [0.1, 0.15) is 0 Å². The van der Waals surface area contributed by atoms with E-state index in [0.29, 0.717) is 0 Å². The average Bonchev–Trinajstić information content (AvgIpc) is 2.17. The summed E-state index contributed by atoms with van der Waals surface area (Å²) in [5.41, 5.74) is 3.25. The molecule has 0 amide bonds. The molecule has 1 fully saturated rings. The van der Waals surface area contributed by atoms with Crippen molar-refractivity contribution in [3.63, 3.8) is 0 Å². The maximum atomic E-state index is 3.42. The lowest BCUT2D eigenvalue weighted by Gasteiger charge is -2.26. The van der Waals surface area contributed by atoms with Crippen LogP contribution >= 0.6 is 0 Å². The van der Waals surface area contributed by atoms with E-state index in [1.807, 2.05) is 0 Å². The summed E-state index contributed by atoms with van der Waals surface area (Å²) in [5.74, 6) is 1.57. The topological polar surface area (TPSA) is 12.0 Å². The summed E-state index contributed by atoms with van der Waals surface area (Å²) in [7, 11) is 0. The van der Waals surface area contributed by atoms with E-state index in [-0.39, 0.29) is 0 Å². The van der Waals surface area contributed by atoms with Crippen LogP contribution in [0.1, 0.15) is 40.5 Å². The van der Waals surface area contributed by atoms with Crippen molar-refractivity contribution >= 4 is 0 Å². The first kappa shape index (κ1) is 10.8. The molecule has 0 spiro atoms. The van der Waals surface area contributed by atoms with Gasteiger partial charge in [0.2, 0.25) is 0 Å². The predicted octanol–water partition coefficient (Wildman–Crippen LogP) is 2.98. The SMILES string of the molecule is C/C(=C(/C)C1CCNCC1)C(C)C. The Morgan fingerprint density at radius 3 is 2.15 bits per heavy atom. The van der Waals surface area contributed by atoms with Gasteiger partial charge in [0, 0.05) is 0 Å². The molecular formula is C12H23N. The Hall–Kier alpha value is -0.300. The van der Waals surface area contributed by atoms with Crippen LogP contribution in [0.25, 0.3) is 0 Å². The molecule has 1 aliphatic rings. The molecule has 1 heteroatoms. The highest BCUT2D eigenvalue weighted by atomic mass is 14.9. The lowest BCUT2D eigenvalue weighted by atomic mass is 9.85. The fraction of sp³-hybridized carbons (Fsp3) is 0.833. The van der Waals surface area contributed by atoms with Crippen molar-refractivity contribution in [3.8, 4) is 0 Å². The highest BCUT2D eigenvalue weighted by molar-refractivity contribution is 5.15. The Morgan fingerprint density at radius 1 is 1.15 bits per heavy atom. The van der Waals surface area contributed by atoms with Gasteiger partial charge >= 0.3 is 0 Å². The molecule has 0 aliphatic carbocycles. The van der Waals surface area contributed by atoms with Gasteiger partial charge in [-0.15, -0.1) is 0 Å². The van der Waals surface area contributed by atoms with Gasteiger partial charge in [-0.25, -0.2) is 0 Å². The van der Waals surface area contributed by atoms with Crippen molar-refractivity contribution in [1.82, 2.24) is 5.32 Å². The molecule has 1 saturated heterocycles. The number of allylic oxidation sites excluding steroid dienone is 2. The van der Waals surface area contributed by atoms with Crippen molar-refractivity contribution in [2.45, 2.75) is 40.5 Å². The molecule has 0 aromatic rings. The molecular weight excluding hydrogens is 158 g/mol. The van der Waals surface area contributed by atoms with Crippen LogP contribution in [-0.4, -0.2) is 13.1 Å². The van der Waals surface area contributed by atoms with E-state index < -0.39 is 0 Å². The van der Waals surface area contributed by atoms with Crippen molar-refractivity contribution in [2.24, 2.45) is 11.8 Å². The minimum atomic E-state index is 0.717. The molecule has 1 N–H and O–H groups in total. The summed E-state index contributed by atoms with van der Waals surface area (Å²) in [5, 5.41) is 3.42. The number of hydrogen-bond acceptors (Lipinski definition) is 1. The predicted molar refractivity (Wildman–Crippen MR) is 58.8 cm³/mol. The third-order valence-corrected chi connectivity index (χ3v) is 3.44. The highest BCUT2D eigenvalue weighted by Crippen LogP contribution is 2.26. The summed E-state index contributed by atoms with van der Waals surface area (Å²) in [6.07, 6.45) is 2.66. The number of nitrogens with one attached hydrogen (secondary N) is 1. The summed E-state index contributed by atoms with van der Waals surface area (Å²) in [6, 6.07) is 0. The van der Waals surface area contributed by atoms with Crippen LogP contribution in [0.3, 0.4) is 0 Å². The number of piperidine rings is 1. The van der Waals surface area contributed by atoms with Crippen LogP contribution in [0, 0.1) is 11.8 Å². The minimum Gasteiger partial charge on any atom is -0.317 e. The Kier molecular flexibility index (Phi) is 3.98. The van der Waals surface area contributed by atoms with E-state index >= 15 is 0 Å². The second kappa shape index (κ2) is 4.80. The van der Waals surface area contributed by atoms with Gasteiger partial charge in [-0.1, -0.05) is 25.0 Å². The maximum absolute atomic E-state index is 3.42. The largest absolute Gasteiger partial charge is 0.317 e. The van der Waals surface area contributed by atoms with E-state index in [1.54, 1.807) is 11.1 Å². The van der Waals surface area contributed by atoms with Crippen LogP contribution in [-0.2, 0) is 0 Å². The molecule has 0 radical (unpaired) electrons. The Labute approximate surface area is 82.6 Å². The lowest BCUT2D eigenvalue weighted by Crippen LogP contribution is -2.28. The molecule has 76 valence electrons. The summed E-state index contributed by atoms with van der Waals surface area (Å²) < 4.78 is 0. The molecule has 0 unspecified atom stereocenters. The van der Waals surface area contributed by atoms with Crippen LogP contribution in [0.15, 0.2) is 11.1 Å². The minimum absolute atomic E-state index is 0.717. The number of rotatable bonds is 2. The van der Waals surface area contributed by atoms with Crippen molar-refractivity contribution in [2.75, 3.05) is 13.1 Å². The first-order valence-electron chi connectivity index (χ1n) is 5.51. The van der Waals surface area contributed by atoms with E-state index in [2.05, 4.69) is 33.0 Å². The zero-order valence-corrected chi connectivity index (χ0v) is 9.48. The molecule has 1 rings (SSSR count). The lowest BCUT2D eigenvalue weighted by molar-refractivity contribution is 0.414. The van der Waals surface area contributed by atoms with Crippen LogP contribution in [0.5, 0.6) is 0 Å². The second-order valence-corrected chi connectivity index (χ2v) is 4.54. The third-order valence-electron chi connectivity index (χ3n) is 3.44. The Morgan fingerprint density at radius 2 is 1.69 bits per heavy atom. The Balaban J connectivity index is 2.63. The quantitative estimate of drug-likeness (QED) is 0.646. The molecule has 0 saturated carbocycles. The summed E-state index contributed by atoms with van der Waals surface area (Å²) in [6.45, 7) is 11.6. The Bertz CT molecular complexity index is 185. The number of hydrogen-bond donors (Lipinski definition) is 1. The zero-order chi connectivity index (χ0) is 9.84. The fourth-order valence-corrected chi connectivity index (χ4v) is 2.03. The van der Waals surface area contributed by atoms with E-state index in [0.717, 1.165) is 11.8 Å². The van der Waals surface area contributed by atoms with Gasteiger partial charge in [0.25, 0.3) is 0 Å². The first-order valence-corrected chi connectivity index (χ1v) is 5.51. The van der Waals surface area contributed by atoms with Gasteiger partial charge in [-0.05, 0) is 51.6 Å². The average molecular weight is 181 g/mol. The van der Waals surface area contributed by atoms with Crippen molar-refractivity contribution < 1.29 is 0 Å². The first-order chi connectivity index (χ1) is 6.13. The van der Waals surface area contributed by atoms with E-state index in [1.165, 1.54) is 25.9 Å². The van der Waals surface area contributed by atoms with Crippen molar-refractivity contribution in [3.05, 3.63) is 11.1 Å². The van der Waals surface area contributed by atoms with E-state index in [4.69, 9.17) is 0 Å². The fourth-order valence-electron chi connectivity index (χ4n) is 2.03. The molecule has 0 bridgehead atoms. The van der Waals surface area contributed by atoms with Gasteiger partial charge in [0.05, 0.1) is 0 Å². The summed E-state index contributed by atoms with van der Waals surface area (Å²) >= 11 is 0.